The van der Waals surface area contributed by atoms with Crippen LogP contribution in [0.2, 0.25) is 0 Å². The van der Waals surface area contributed by atoms with Crippen LogP contribution in [0.15, 0.2) is 27.1 Å². The first kappa shape index (κ1) is 10.7. The molecule has 1 nitrogen and oxygen atoms in total. The zero-order chi connectivity index (χ0) is 9.97. The van der Waals surface area contributed by atoms with Gasteiger partial charge in [0.1, 0.15) is 0 Å². The fraction of sp³-hybridized carbons (Fsp3) is 0.455. The second-order valence-corrected chi connectivity index (χ2v) is 5.44. The predicted octanol–water partition coefficient (Wildman–Crippen LogP) is 3.81. The molecule has 0 bridgehead atoms. The normalized spacial score (nSPS) is 17.6. The van der Waals surface area contributed by atoms with E-state index in [1.807, 2.05) is 0 Å². The van der Waals surface area contributed by atoms with Gasteiger partial charge in [-0.05, 0) is 75.5 Å². The van der Waals surface area contributed by atoms with E-state index in [4.69, 9.17) is 0 Å². The van der Waals surface area contributed by atoms with Gasteiger partial charge in [0.25, 0.3) is 0 Å². The highest BCUT2D eigenvalue weighted by Gasteiger charge is 2.11. The summed E-state index contributed by atoms with van der Waals surface area (Å²) in [4.78, 5) is 2.51. The van der Waals surface area contributed by atoms with Crippen molar-refractivity contribution in [2.24, 2.45) is 0 Å². The zero-order valence-electron chi connectivity index (χ0n) is 7.97. The zero-order valence-corrected chi connectivity index (χ0v) is 11.1. The third-order valence-corrected chi connectivity index (χ3v) is 4.47. The molecule has 0 aromatic heterocycles. The molecule has 1 heterocycles. The summed E-state index contributed by atoms with van der Waals surface area (Å²) in [5, 5.41) is 0. The van der Waals surface area contributed by atoms with Crippen LogP contribution in [0.5, 0.6) is 0 Å². The van der Waals surface area contributed by atoms with Gasteiger partial charge in [-0.3, -0.25) is 4.90 Å². The Morgan fingerprint density at radius 3 is 2.43 bits per heavy atom. The maximum absolute atomic E-state index is 3.53. The van der Waals surface area contributed by atoms with Crippen molar-refractivity contribution in [1.82, 2.24) is 4.90 Å². The molecule has 0 atom stereocenters. The first-order valence-electron chi connectivity index (χ1n) is 4.92. The summed E-state index contributed by atoms with van der Waals surface area (Å²) in [5.41, 5.74) is 1.39. The van der Waals surface area contributed by atoms with Gasteiger partial charge in [-0.1, -0.05) is 6.07 Å². The molecule has 1 aliphatic rings. The number of rotatable bonds is 2. The topological polar surface area (TPSA) is 3.24 Å². The Balaban J connectivity index is 2.05. The molecule has 0 amide bonds. The van der Waals surface area contributed by atoms with Crippen LogP contribution in [0.25, 0.3) is 0 Å². The van der Waals surface area contributed by atoms with Crippen molar-refractivity contribution < 1.29 is 0 Å². The monoisotopic (exact) mass is 317 g/mol. The van der Waals surface area contributed by atoms with Crippen molar-refractivity contribution in [1.29, 1.82) is 0 Å². The van der Waals surface area contributed by atoms with Gasteiger partial charge in [0.15, 0.2) is 0 Å². The third kappa shape index (κ3) is 2.59. The fourth-order valence-electron chi connectivity index (χ4n) is 1.84. The van der Waals surface area contributed by atoms with Crippen molar-refractivity contribution in [2.75, 3.05) is 13.1 Å². The van der Waals surface area contributed by atoms with Crippen LogP contribution in [0.4, 0.5) is 0 Å². The molecule has 1 aromatic carbocycles. The minimum Gasteiger partial charge on any atom is -0.299 e. The smallest absolute Gasteiger partial charge is 0.0320 e. The maximum atomic E-state index is 3.53. The van der Waals surface area contributed by atoms with E-state index < -0.39 is 0 Å². The second kappa shape index (κ2) is 4.77. The van der Waals surface area contributed by atoms with Crippen LogP contribution in [0, 0.1) is 0 Å². The van der Waals surface area contributed by atoms with E-state index in [0.29, 0.717) is 0 Å². The lowest BCUT2D eigenvalue weighted by molar-refractivity contribution is 0.331. The molecule has 14 heavy (non-hydrogen) atoms. The minimum absolute atomic E-state index is 1.09. The Morgan fingerprint density at radius 1 is 1.07 bits per heavy atom. The van der Waals surface area contributed by atoms with Crippen LogP contribution >= 0.6 is 31.9 Å². The number of benzene rings is 1. The lowest BCUT2D eigenvalue weighted by atomic mass is 10.2. The number of halogens is 2. The molecule has 0 saturated carbocycles. The summed E-state index contributed by atoms with van der Waals surface area (Å²) in [6.45, 7) is 3.60. The number of hydrogen-bond donors (Lipinski definition) is 0. The first-order chi connectivity index (χ1) is 6.75. The Labute approximate surface area is 102 Å². The van der Waals surface area contributed by atoms with E-state index in [2.05, 4.69) is 55.0 Å². The van der Waals surface area contributed by atoms with E-state index in [1.54, 1.807) is 0 Å². The quantitative estimate of drug-likeness (QED) is 0.801. The van der Waals surface area contributed by atoms with E-state index in [-0.39, 0.29) is 0 Å². The number of likely N-dealkylation sites (tertiary alicyclic amines) is 1. The van der Waals surface area contributed by atoms with E-state index >= 15 is 0 Å². The van der Waals surface area contributed by atoms with Crippen LogP contribution in [-0.2, 0) is 6.54 Å². The van der Waals surface area contributed by atoms with Gasteiger partial charge in [-0.25, -0.2) is 0 Å². The van der Waals surface area contributed by atoms with Gasteiger partial charge in [0.2, 0.25) is 0 Å². The van der Waals surface area contributed by atoms with Gasteiger partial charge in [-0.15, -0.1) is 0 Å². The molecular weight excluding hydrogens is 306 g/mol. The third-order valence-electron chi connectivity index (χ3n) is 2.59. The summed E-state index contributed by atoms with van der Waals surface area (Å²) < 4.78 is 2.27. The van der Waals surface area contributed by atoms with Crippen molar-refractivity contribution >= 4 is 31.9 Å². The average Bonchev–Trinajstić information content (AvgIpc) is 2.64. The molecule has 1 saturated heterocycles. The van der Waals surface area contributed by atoms with E-state index in [9.17, 15) is 0 Å². The van der Waals surface area contributed by atoms with Crippen LogP contribution in [0.1, 0.15) is 18.4 Å². The molecule has 0 radical (unpaired) electrons. The number of hydrogen-bond acceptors (Lipinski definition) is 1. The van der Waals surface area contributed by atoms with E-state index in [1.165, 1.54) is 31.5 Å². The van der Waals surface area contributed by atoms with Gasteiger partial charge in [-0.2, -0.15) is 0 Å². The summed E-state index contributed by atoms with van der Waals surface area (Å²) in [5.74, 6) is 0. The summed E-state index contributed by atoms with van der Waals surface area (Å²) in [6.07, 6.45) is 2.72. The van der Waals surface area contributed by atoms with Crippen LogP contribution in [0.3, 0.4) is 0 Å². The summed E-state index contributed by atoms with van der Waals surface area (Å²) in [6, 6.07) is 6.49. The van der Waals surface area contributed by atoms with Crippen molar-refractivity contribution in [3.8, 4) is 0 Å². The SMILES string of the molecule is Brc1ccc(CN2CCCC2)cc1Br. The Bertz CT molecular complexity index is 319. The molecule has 3 heteroatoms. The van der Waals surface area contributed by atoms with Crippen molar-refractivity contribution in [3.63, 3.8) is 0 Å². The van der Waals surface area contributed by atoms with Crippen LogP contribution < -0.4 is 0 Å². The second-order valence-electron chi connectivity index (χ2n) is 3.73. The minimum atomic E-state index is 1.09. The summed E-state index contributed by atoms with van der Waals surface area (Å²) >= 11 is 7.01. The molecule has 1 aliphatic heterocycles. The standard InChI is InChI=1S/C11H13Br2N/c12-10-4-3-9(7-11(10)13)8-14-5-1-2-6-14/h3-4,7H,1-2,5-6,8H2. The molecule has 76 valence electrons. The van der Waals surface area contributed by atoms with Crippen molar-refractivity contribution in [3.05, 3.63) is 32.7 Å². The highest BCUT2D eigenvalue weighted by Crippen LogP contribution is 2.24. The van der Waals surface area contributed by atoms with Gasteiger partial charge in [0.05, 0.1) is 0 Å². The molecular formula is C11H13Br2N. The predicted molar refractivity (Wildman–Crippen MR) is 66.4 cm³/mol. The Morgan fingerprint density at radius 2 is 1.79 bits per heavy atom. The average molecular weight is 319 g/mol. The van der Waals surface area contributed by atoms with E-state index in [0.717, 1.165) is 15.5 Å². The largest absolute Gasteiger partial charge is 0.299 e. The Hall–Kier alpha value is 0.140. The molecule has 2 rings (SSSR count). The molecule has 0 aliphatic carbocycles. The fourth-order valence-corrected chi connectivity index (χ4v) is 2.51. The molecule has 0 unspecified atom stereocenters. The molecule has 0 spiro atoms. The summed E-state index contributed by atoms with van der Waals surface area (Å²) in [7, 11) is 0. The van der Waals surface area contributed by atoms with Crippen LogP contribution in [-0.4, -0.2) is 18.0 Å². The molecule has 1 fully saturated rings. The molecule has 0 N–H and O–H groups in total. The van der Waals surface area contributed by atoms with Gasteiger partial charge < -0.3 is 0 Å². The molecule has 1 aromatic rings. The van der Waals surface area contributed by atoms with Gasteiger partial charge in [0, 0.05) is 15.5 Å². The maximum Gasteiger partial charge on any atom is 0.0320 e. The first-order valence-corrected chi connectivity index (χ1v) is 6.50. The lowest BCUT2D eigenvalue weighted by Gasteiger charge is -2.14. The highest BCUT2D eigenvalue weighted by atomic mass is 79.9. The number of nitrogens with zero attached hydrogens (tertiary/aromatic N) is 1. The Kier molecular flexibility index (Phi) is 3.63. The van der Waals surface area contributed by atoms with Crippen molar-refractivity contribution in [2.45, 2.75) is 19.4 Å². The highest BCUT2D eigenvalue weighted by molar-refractivity contribution is 9.13. The van der Waals surface area contributed by atoms with Gasteiger partial charge >= 0.3 is 0 Å². The lowest BCUT2D eigenvalue weighted by Crippen LogP contribution is -2.18.